The van der Waals surface area contributed by atoms with Crippen LogP contribution in [-0.4, -0.2) is 7.12 Å². The fraction of sp³-hybridized carbons (Fsp3) is 0.185. The van der Waals surface area contributed by atoms with Crippen molar-refractivity contribution >= 4 is 29.6 Å². The summed E-state index contributed by atoms with van der Waals surface area (Å²) < 4.78 is 11.3. The topological polar surface area (TPSA) is 21.7 Å². The molecule has 0 aliphatic carbocycles. The molecule has 0 spiro atoms. The molecule has 3 aromatic carbocycles. The molecule has 4 rings (SSSR count). The lowest BCUT2D eigenvalue weighted by molar-refractivity contribution is 0.431. The second-order valence-corrected chi connectivity index (χ2v) is 8.08. The van der Waals surface area contributed by atoms with E-state index in [1.54, 1.807) is 0 Å². The van der Waals surface area contributed by atoms with Gasteiger partial charge in [-0.15, -0.1) is 0 Å². The minimum Gasteiger partial charge on any atom is -0.520 e. The Bertz CT molecular complexity index is 1060. The molecular formula is C27H28BNO2. The van der Waals surface area contributed by atoms with Crippen molar-refractivity contribution in [3.05, 3.63) is 109 Å². The Balaban J connectivity index is 1.68. The van der Waals surface area contributed by atoms with Crippen molar-refractivity contribution in [2.24, 2.45) is 0 Å². The Kier molecular flexibility index (Phi) is 5.90. The molecule has 3 nitrogen and oxygen atoms in total. The fourth-order valence-corrected chi connectivity index (χ4v) is 3.66. The molecule has 156 valence electrons. The van der Waals surface area contributed by atoms with Crippen LogP contribution in [0.2, 0.25) is 0 Å². The summed E-state index contributed by atoms with van der Waals surface area (Å²) in [6, 6.07) is 25.7. The van der Waals surface area contributed by atoms with Crippen molar-refractivity contribution in [3.8, 4) is 0 Å². The van der Waals surface area contributed by atoms with Crippen LogP contribution in [0.4, 0.5) is 17.1 Å². The number of anilines is 3. The average Bonchev–Trinajstić information content (AvgIpc) is 3.14. The van der Waals surface area contributed by atoms with Crippen LogP contribution in [0.3, 0.4) is 0 Å². The third kappa shape index (κ3) is 4.39. The molecule has 0 amide bonds. The number of hydrogen-bond donors (Lipinski definition) is 0. The van der Waals surface area contributed by atoms with Crippen LogP contribution >= 0.6 is 0 Å². The lowest BCUT2D eigenvalue weighted by atomic mass is 9.79. The summed E-state index contributed by atoms with van der Waals surface area (Å²) in [6.45, 7) is 14.2. The van der Waals surface area contributed by atoms with E-state index in [1.807, 2.05) is 12.1 Å². The molecule has 0 radical (unpaired) electrons. The zero-order chi connectivity index (χ0) is 22.0. The molecule has 1 aliphatic rings. The summed E-state index contributed by atoms with van der Waals surface area (Å²) >= 11 is 0. The summed E-state index contributed by atoms with van der Waals surface area (Å²) in [6.07, 6.45) is 1.13. The van der Waals surface area contributed by atoms with E-state index in [0.29, 0.717) is 17.4 Å². The highest BCUT2D eigenvalue weighted by Gasteiger charge is 2.34. The third-order valence-corrected chi connectivity index (χ3v) is 5.86. The molecule has 0 N–H and O–H groups in total. The summed E-state index contributed by atoms with van der Waals surface area (Å²) in [4.78, 5) is 2.26. The van der Waals surface area contributed by atoms with Gasteiger partial charge in [-0.2, -0.15) is 0 Å². The average molecular weight is 409 g/mol. The van der Waals surface area contributed by atoms with Gasteiger partial charge in [0.1, 0.15) is 11.5 Å². The Morgan fingerprint density at radius 3 is 1.71 bits per heavy atom. The molecule has 4 heteroatoms. The molecule has 1 saturated heterocycles. The zero-order valence-corrected chi connectivity index (χ0v) is 18.5. The van der Waals surface area contributed by atoms with Crippen molar-refractivity contribution in [1.29, 1.82) is 0 Å². The number of rotatable bonds is 6. The molecule has 0 bridgehead atoms. The van der Waals surface area contributed by atoms with E-state index in [-0.39, 0.29) is 0 Å². The Labute approximate surface area is 185 Å². The van der Waals surface area contributed by atoms with Gasteiger partial charge >= 0.3 is 7.12 Å². The van der Waals surface area contributed by atoms with E-state index in [2.05, 4.69) is 99.5 Å². The molecule has 1 fully saturated rings. The molecule has 0 saturated carbocycles. The molecule has 31 heavy (non-hydrogen) atoms. The number of aryl methyl sites for hydroxylation is 1. The van der Waals surface area contributed by atoms with Gasteiger partial charge in [-0.1, -0.05) is 69.0 Å². The van der Waals surface area contributed by atoms with Crippen LogP contribution in [0.1, 0.15) is 37.3 Å². The van der Waals surface area contributed by atoms with Crippen LogP contribution in [0.25, 0.3) is 0 Å². The van der Waals surface area contributed by atoms with Crippen molar-refractivity contribution < 1.29 is 9.31 Å². The standard InChI is InChI=1S/C27H28BNO2/c1-6-20(3)23-9-15-26(16-10-23)29(25-13-7-19(2)8-14-25)27-17-11-24(12-18-27)28-30-21(4)22(5)31-28/h7-18,20H,4-6H2,1-3H3. The number of benzene rings is 3. The van der Waals surface area contributed by atoms with E-state index in [4.69, 9.17) is 9.31 Å². The maximum atomic E-state index is 5.66. The van der Waals surface area contributed by atoms with Gasteiger partial charge < -0.3 is 14.2 Å². The summed E-state index contributed by atoms with van der Waals surface area (Å²) in [5, 5.41) is 0. The van der Waals surface area contributed by atoms with Gasteiger partial charge in [0.15, 0.2) is 0 Å². The highest BCUT2D eigenvalue weighted by Crippen LogP contribution is 2.35. The summed E-state index contributed by atoms with van der Waals surface area (Å²) in [5.74, 6) is 1.52. The van der Waals surface area contributed by atoms with Gasteiger partial charge in [-0.3, -0.25) is 0 Å². The van der Waals surface area contributed by atoms with Gasteiger partial charge in [0.05, 0.1) is 0 Å². The van der Waals surface area contributed by atoms with Crippen molar-refractivity contribution in [2.45, 2.75) is 33.1 Å². The van der Waals surface area contributed by atoms with Crippen LogP contribution in [0.15, 0.2) is 97.5 Å². The SMILES string of the molecule is C=C1OB(c2ccc(N(c3ccc(C)cc3)c3ccc(C(C)CC)cc3)cc2)OC1=C. The van der Waals surface area contributed by atoms with Gasteiger partial charge in [-0.25, -0.2) is 0 Å². The maximum Gasteiger partial charge on any atom is 0.632 e. The highest BCUT2D eigenvalue weighted by molar-refractivity contribution is 6.62. The molecule has 3 aromatic rings. The van der Waals surface area contributed by atoms with E-state index in [9.17, 15) is 0 Å². The minimum atomic E-state index is -0.489. The predicted molar refractivity (Wildman–Crippen MR) is 130 cm³/mol. The lowest BCUT2D eigenvalue weighted by Crippen LogP contribution is -2.31. The van der Waals surface area contributed by atoms with E-state index in [0.717, 1.165) is 28.9 Å². The maximum absolute atomic E-state index is 5.66. The van der Waals surface area contributed by atoms with Gasteiger partial charge in [0.25, 0.3) is 0 Å². The van der Waals surface area contributed by atoms with Crippen molar-refractivity contribution in [3.63, 3.8) is 0 Å². The van der Waals surface area contributed by atoms with Gasteiger partial charge in [0, 0.05) is 22.5 Å². The Hall–Kier alpha value is -3.40. The second-order valence-electron chi connectivity index (χ2n) is 8.08. The molecule has 1 unspecified atom stereocenters. The molecule has 1 heterocycles. The lowest BCUT2D eigenvalue weighted by Gasteiger charge is -2.26. The zero-order valence-electron chi connectivity index (χ0n) is 18.5. The van der Waals surface area contributed by atoms with Crippen molar-refractivity contribution in [1.82, 2.24) is 0 Å². The predicted octanol–water partition coefficient (Wildman–Crippen LogP) is 6.75. The summed E-state index contributed by atoms with van der Waals surface area (Å²) in [5.41, 5.74) is 6.84. The Morgan fingerprint density at radius 2 is 1.23 bits per heavy atom. The fourth-order valence-electron chi connectivity index (χ4n) is 3.66. The first kappa shape index (κ1) is 20.9. The normalized spacial score (nSPS) is 14.2. The van der Waals surface area contributed by atoms with Crippen LogP contribution in [0.5, 0.6) is 0 Å². The van der Waals surface area contributed by atoms with E-state index < -0.39 is 7.12 Å². The molecule has 1 aliphatic heterocycles. The number of hydrogen-bond acceptors (Lipinski definition) is 3. The quantitative estimate of drug-likeness (QED) is 0.421. The minimum absolute atomic E-state index is 0.483. The highest BCUT2D eigenvalue weighted by atomic mass is 16.6. The first-order valence-electron chi connectivity index (χ1n) is 10.7. The molecule has 1 atom stereocenters. The second kappa shape index (κ2) is 8.77. The van der Waals surface area contributed by atoms with Crippen LogP contribution < -0.4 is 10.4 Å². The van der Waals surface area contributed by atoms with Gasteiger partial charge in [0.2, 0.25) is 0 Å². The van der Waals surface area contributed by atoms with E-state index >= 15 is 0 Å². The Morgan fingerprint density at radius 1 is 0.774 bits per heavy atom. The first-order chi connectivity index (χ1) is 15.0. The first-order valence-corrected chi connectivity index (χ1v) is 10.7. The van der Waals surface area contributed by atoms with Crippen LogP contribution in [-0.2, 0) is 9.31 Å². The van der Waals surface area contributed by atoms with Crippen molar-refractivity contribution in [2.75, 3.05) is 4.90 Å². The monoisotopic (exact) mass is 409 g/mol. The number of nitrogens with zero attached hydrogens (tertiary/aromatic N) is 1. The summed E-state index contributed by atoms with van der Waals surface area (Å²) in [7, 11) is -0.489. The molecule has 0 aromatic heterocycles. The molecular weight excluding hydrogens is 381 g/mol. The largest absolute Gasteiger partial charge is 0.632 e. The van der Waals surface area contributed by atoms with Crippen LogP contribution in [0, 0.1) is 6.92 Å². The smallest absolute Gasteiger partial charge is 0.520 e. The third-order valence-electron chi connectivity index (χ3n) is 5.86. The van der Waals surface area contributed by atoms with Gasteiger partial charge in [-0.05, 0) is 61.2 Å². The van der Waals surface area contributed by atoms with E-state index in [1.165, 1.54) is 11.1 Å².